The third-order valence-electron chi connectivity index (χ3n) is 3.44. The van der Waals surface area contributed by atoms with E-state index < -0.39 is 0 Å². The van der Waals surface area contributed by atoms with Crippen molar-refractivity contribution in [3.8, 4) is 0 Å². The van der Waals surface area contributed by atoms with E-state index in [0.29, 0.717) is 17.6 Å². The van der Waals surface area contributed by atoms with Gasteiger partial charge in [0.15, 0.2) is 5.65 Å². The van der Waals surface area contributed by atoms with Crippen molar-refractivity contribution >= 4 is 23.2 Å². The number of pyridine rings is 1. The molecule has 0 amide bonds. The SMILES string of the molecule is NCC1CCCCN1c1nc2ccc(Cl)cn2n1. The van der Waals surface area contributed by atoms with Gasteiger partial charge in [-0.15, -0.1) is 5.10 Å². The van der Waals surface area contributed by atoms with E-state index in [-0.39, 0.29) is 0 Å². The molecule has 1 atom stereocenters. The summed E-state index contributed by atoms with van der Waals surface area (Å²) in [5, 5.41) is 5.15. The highest BCUT2D eigenvalue weighted by atomic mass is 35.5. The van der Waals surface area contributed by atoms with Gasteiger partial charge < -0.3 is 10.6 Å². The number of halogens is 1. The van der Waals surface area contributed by atoms with Gasteiger partial charge in [0.1, 0.15) is 0 Å². The first-order valence-corrected chi connectivity index (χ1v) is 6.64. The third kappa shape index (κ3) is 2.04. The summed E-state index contributed by atoms with van der Waals surface area (Å²) in [6.07, 6.45) is 5.30. The first-order valence-electron chi connectivity index (χ1n) is 6.26. The molecule has 0 radical (unpaired) electrons. The predicted octanol–water partition coefficient (Wildman–Crippen LogP) is 1.70. The van der Waals surface area contributed by atoms with Crippen molar-refractivity contribution < 1.29 is 0 Å². The van der Waals surface area contributed by atoms with Gasteiger partial charge in [0, 0.05) is 25.3 Å². The van der Waals surface area contributed by atoms with Crippen molar-refractivity contribution in [3.05, 3.63) is 23.4 Å². The number of piperidine rings is 1. The normalized spacial score (nSPS) is 20.6. The Morgan fingerprint density at radius 2 is 2.28 bits per heavy atom. The molecule has 5 nitrogen and oxygen atoms in total. The van der Waals surface area contributed by atoms with Gasteiger partial charge in [-0.05, 0) is 31.4 Å². The van der Waals surface area contributed by atoms with Crippen molar-refractivity contribution in [1.29, 1.82) is 0 Å². The van der Waals surface area contributed by atoms with Gasteiger partial charge in [0.05, 0.1) is 5.02 Å². The first kappa shape index (κ1) is 11.7. The highest BCUT2D eigenvalue weighted by Crippen LogP contribution is 2.22. The molecule has 1 unspecified atom stereocenters. The number of anilines is 1. The van der Waals surface area contributed by atoms with E-state index in [0.717, 1.165) is 24.6 Å². The van der Waals surface area contributed by atoms with E-state index in [4.69, 9.17) is 17.3 Å². The van der Waals surface area contributed by atoms with Crippen molar-refractivity contribution in [1.82, 2.24) is 14.6 Å². The third-order valence-corrected chi connectivity index (χ3v) is 3.66. The predicted molar refractivity (Wildman–Crippen MR) is 72.0 cm³/mol. The molecule has 3 heterocycles. The second kappa shape index (κ2) is 4.74. The van der Waals surface area contributed by atoms with Crippen molar-refractivity contribution in [2.45, 2.75) is 25.3 Å². The van der Waals surface area contributed by atoms with Gasteiger partial charge in [-0.1, -0.05) is 11.6 Å². The molecule has 2 aromatic rings. The number of rotatable bonds is 2. The minimum Gasteiger partial charge on any atom is -0.335 e. The highest BCUT2D eigenvalue weighted by Gasteiger charge is 2.24. The Morgan fingerprint density at radius 1 is 1.39 bits per heavy atom. The molecule has 18 heavy (non-hydrogen) atoms. The van der Waals surface area contributed by atoms with Crippen LogP contribution in [0.4, 0.5) is 5.95 Å². The largest absolute Gasteiger partial charge is 0.335 e. The molecule has 2 N–H and O–H groups in total. The zero-order valence-corrected chi connectivity index (χ0v) is 10.8. The maximum atomic E-state index is 5.95. The molecule has 0 aliphatic carbocycles. The molecule has 1 fully saturated rings. The summed E-state index contributed by atoms with van der Waals surface area (Å²) >= 11 is 5.95. The molecule has 3 rings (SSSR count). The Labute approximate surface area is 111 Å². The monoisotopic (exact) mass is 265 g/mol. The van der Waals surface area contributed by atoms with Crippen LogP contribution in [0.15, 0.2) is 18.3 Å². The van der Waals surface area contributed by atoms with E-state index in [2.05, 4.69) is 15.0 Å². The summed E-state index contributed by atoms with van der Waals surface area (Å²) in [6.45, 7) is 1.63. The van der Waals surface area contributed by atoms with E-state index in [1.54, 1.807) is 10.7 Å². The van der Waals surface area contributed by atoms with Crippen LogP contribution in [0, 0.1) is 0 Å². The summed E-state index contributed by atoms with van der Waals surface area (Å²) in [5.74, 6) is 0.757. The Bertz CT molecular complexity index is 552. The lowest BCUT2D eigenvalue weighted by Crippen LogP contribution is -2.44. The fourth-order valence-corrected chi connectivity index (χ4v) is 2.63. The van der Waals surface area contributed by atoms with Crippen LogP contribution in [-0.2, 0) is 0 Å². The number of nitrogens with zero attached hydrogens (tertiary/aromatic N) is 4. The maximum Gasteiger partial charge on any atom is 0.245 e. The molecule has 6 heteroatoms. The molecule has 1 aliphatic heterocycles. The Morgan fingerprint density at radius 3 is 3.11 bits per heavy atom. The standard InChI is InChI=1S/C12H16ClN5/c13-9-4-5-11-15-12(16-18(11)8-9)17-6-2-1-3-10(17)7-14/h4-5,8,10H,1-3,6-7,14H2. The number of aromatic nitrogens is 3. The molecular weight excluding hydrogens is 250 g/mol. The number of fused-ring (bicyclic) bond motifs is 1. The van der Waals surface area contributed by atoms with Crippen molar-refractivity contribution in [2.24, 2.45) is 5.73 Å². The van der Waals surface area contributed by atoms with Crippen LogP contribution in [0.1, 0.15) is 19.3 Å². The first-order chi connectivity index (χ1) is 8.78. The van der Waals surface area contributed by atoms with Crippen molar-refractivity contribution in [2.75, 3.05) is 18.0 Å². The molecular formula is C12H16ClN5. The van der Waals surface area contributed by atoms with Crippen molar-refractivity contribution in [3.63, 3.8) is 0 Å². The van der Waals surface area contributed by atoms with Crippen LogP contribution < -0.4 is 10.6 Å². The van der Waals surface area contributed by atoms with E-state index in [1.165, 1.54) is 12.8 Å². The Kier molecular flexibility index (Phi) is 3.09. The molecule has 1 aliphatic rings. The van der Waals surface area contributed by atoms with E-state index >= 15 is 0 Å². The lowest BCUT2D eigenvalue weighted by Gasteiger charge is -2.33. The van der Waals surface area contributed by atoms with Gasteiger partial charge >= 0.3 is 0 Å². The lowest BCUT2D eigenvalue weighted by atomic mass is 10.0. The summed E-state index contributed by atoms with van der Waals surface area (Å²) in [7, 11) is 0. The topological polar surface area (TPSA) is 59.5 Å². The second-order valence-electron chi connectivity index (χ2n) is 4.64. The molecule has 0 spiro atoms. The molecule has 2 aromatic heterocycles. The van der Waals surface area contributed by atoms with Gasteiger partial charge in [-0.25, -0.2) is 4.52 Å². The zero-order valence-electron chi connectivity index (χ0n) is 10.1. The van der Waals surface area contributed by atoms with Crippen LogP contribution in [0.25, 0.3) is 5.65 Å². The lowest BCUT2D eigenvalue weighted by molar-refractivity contribution is 0.458. The average Bonchev–Trinajstić information content (AvgIpc) is 2.81. The summed E-state index contributed by atoms with van der Waals surface area (Å²) in [4.78, 5) is 6.75. The Hall–Kier alpha value is -1.33. The average molecular weight is 266 g/mol. The number of nitrogens with two attached hydrogens (primary N) is 1. The van der Waals surface area contributed by atoms with Crippen LogP contribution >= 0.6 is 11.6 Å². The smallest absolute Gasteiger partial charge is 0.245 e. The van der Waals surface area contributed by atoms with Gasteiger partial charge in [-0.2, -0.15) is 4.98 Å². The molecule has 0 bridgehead atoms. The summed E-state index contributed by atoms with van der Waals surface area (Å²) < 4.78 is 1.72. The number of hydrogen-bond donors (Lipinski definition) is 1. The van der Waals surface area contributed by atoms with Crippen LogP contribution in [0.3, 0.4) is 0 Å². The van der Waals surface area contributed by atoms with Crippen LogP contribution in [0.2, 0.25) is 5.02 Å². The van der Waals surface area contributed by atoms with Crippen LogP contribution in [0.5, 0.6) is 0 Å². The van der Waals surface area contributed by atoms with E-state index in [1.807, 2.05) is 12.1 Å². The summed E-state index contributed by atoms with van der Waals surface area (Å²) in [6, 6.07) is 4.05. The van der Waals surface area contributed by atoms with Gasteiger partial charge in [0.2, 0.25) is 5.95 Å². The Balaban J connectivity index is 1.97. The fourth-order valence-electron chi connectivity index (χ4n) is 2.48. The maximum absolute atomic E-state index is 5.95. The minimum atomic E-state index is 0.353. The summed E-state index contributed by atoms with van der Waals surface area (Å²) in [5.41, 5.74) is 6.64. The molecule has 1 saturated heterocycles. The molecule has 0 saturated carbocycles. The van der Waals surface area contributed by atoms with Gasteiger partial charge in [-0.3, -0.25) is 0 Å². The van der Waals surface area contributed by atoms with E-state index in [9.17, 15) is 0 Å². The van der Waals surface area contributed by atoms with Crippen LogP contribution in [-0.4, -0.2) is 33.7 Å². The molecule has 96 valence electrons. The number of hydrogen-bond acceptors (Lipinski definition) is 4. The fraction of sp³-hybridized carbons (Fsp3) is 0.500. The van der Waals surface area contributed by atoms with Gasteiger partial charge in [0.25, 0.3) is 0 Å². The highest BCUT2D eigenvalue weighted by molar-refractivity contribution is 6.30. The minimum absolute atomic E-state index is 0.353. The quantitative estimate of drug-likeness (QED) is 0.898. The second-order valence-corrected chi connectivity index (χ2v) is 5.08. The zero-order chi connectivity index (χ0) is 12.5. The molecule has 0 aromatic carbocycles.